The summed E-state index contributed by atoms with van der Waals surface area (Å²) in [6, 6.07) is 0. The van der Waals surface area contributed by atoms with E-state index in [1.165, 1.54) is 0 Å². The van der Waals surface area contributed by atoms with E-state index >= 15 is 0 Å². The number of allylic oxidation sites excluding steroid dienone is 1. The van der Waals surface area contributed by atoms with Crippen molar-refractivity contribution in [2.24, 2.45) is 0 Å². The van der Waals surface area contributed by atoms with Crippen molar-refractivity contribution in [3.63, 3.8) is 0 Å². The molecule has 3 heterocycles. The third-order valence-corrected chi connectivity index (χ3v) is 8.09. The highest BCUT2D eigenvalue weighted by Crippen LogP contribution is 2.31. The third-order valence-electron chi connectivity index (χ3n) is 8.09. The normalized spacial score (nSPS) is 39.5. The van der Waals surface area contributed by atoms with Gasteiger partial charge in [0.25, 0.3) is 0 Å². The highest BCUT2D eigenvalue weighted by molar-refractivity contribution is 4.95. The van der Waals surface area contributed by atoms with Crippen LogP contribution in [0.3, 0.4) is 0 Å². The van der Waals surface area contributed by atoms with Crippen molar-refractivity contribution in [3.05, 3.63) is 12.7 Å². The molecule has 0 amide bonds. The second-order valence-corrected chi connectivity index (χ2v) is 11.4. The van der Waals surface area contributed by atoms with Crippen LogP contribution in [0, 0.1) is 0 Å². The van der Waals surface area contributed by atoms with Gasteiger partial charge in [0.15, 0.2) is 18.9 Å². The molecule has 15 atom stereocenters. The molecule has 0 spiro atoms. The van der Waals surface area contributed by atoms with Crippen LogP contribution < -0.4 is 0 Å². The topological polar surface area (TPSA) is 258 Å². The molecule has 0 saturated carbocycles. The van der Waals surface area contributed by atoms with Crippen LogP contribution >= 0.6 is 0 Å². The van der Waals surface area contributed by atoms with Crippen LogP contribution in [-0.4, -0.2) is 170 Å². The Labute approximate surface area is 256 Å². The van der Waals surface area contributed by atoms with Gasteiger partial charge in [-0.05, 0) is 19.3 Å². The average molecular weight is 643 g/mol. The Hall–Kier alpha value is -0.900. The molecular formula is C28H50O16. The third kappa shape index (κ3) is 9.57. The van der Waals surface area contributed by atoms with Crippen molar-refractivity contribution in [2.75, 3.05) is 26.4 Å². The van der Waals surface area contributed by atoms with Gasteiger partial charge in [-0.1, -0.05) is 31.8 Å². The number of aliphatic hydroxyl groups is 10. The van der Waals surface area contributed by atoms with E-state index in [-0.39, 0.29) is 0 Å². The number of rotatable bonds is 20. The fourth-order valence-corrected chi connectivity index (χ4v) is 5.43. The van der Waals surface area contributed by atoms with E-state index in [1.807, 2.05) is 6.08 Å². The van der Waals surface area contributed by atoms with Crippen molar-refractivity contribution in [3.8, 4) is 0 Å². The van der Waals surface area contributed by atoms with Crippen LogP contribution in [0.4, 0.5) is 0 Å². The molecule has 258 valence electrons. The van der Waals surface area contributed by atoms with Crippen LogP contribution in [0.1, 0.15) is 44.9 Å². The zero-order valence-corrected chi connectivity index (χ0v) is 24.6. The Morgan fingerprint density at radius 3 is 1.70 bits per heavy atom. The molecule has 3 saturated heterocycles. The van der Waals surface area contributed by atoms with Crippen molar-refractivity contribution < 1.29 is 79.5 Å². The lowest BCUT2D eigenvalue weighted by Gasteiger charge is -2.28. The monoisotopic (exact) mass is 642 g/mol. The quantitative estimate of drug-likeness (QED) is 0.0454. The predicted molar refractivity (Wildman–Crippen MR) is 148 cm³/mol. The van der Waals surface area contributed by atoms with E-state index in [9.17, 15) is 46.0 Å². The summed E-state index contributed by atoms with van der Waals surface area (Å²) >= 11 is 0. The number of aliphatic hydroxyl groups excluding tert-OH is 10. The molecule has 1 unspecified atom stereocenters. The van der Waals surface area contributed by atoms with Gasteiger partial charge >= 0.3 is 0 Å². The molecule has 0 aromatic rings. The zero-order valence-electron chi connectivity index (χ0n) is 24.6. The van der Waals surface area contributed by atoms with Gasteiger partial charge in [-0.3, -0.25) is 0 Å². The summed E-state index contributed by atoms with van der Waals surface area (Å²) in [5.74, 6) is 0. The minimum atomic E-state index is -1.68. The molecule has 44 heavy (non-hydrogen) atoms. The molecule has 3 aliphatic rings. The second kappa shape index (κ2) is 18.4. The lowest BCUT2D eigenvalue weighted by Crippen LogP contribution is -2.46. The highest BCUT2D eigenvalue weighted by atomic mass is 16.7. The van der Waals surface area contributed by atoms with Gasteiger partial charge in [0.05, 0.1) is 19.8 Å². The maximum absolute atomic E-state index is 10.6. The molecule has 3 aliphatic heterocycles. The van der Waals surface area contributed by atoms with Gasteiger partial charge in [0, 0.05) is 6.61 Å². The Balaban J connectivity index is 1.43. The van der Waals surface area contributed by atoms with E-state index in [4.69, 9.17) is 33.5 Å². The Bertz CT molecular complexity index is 823. The van der Waals surface area contributed by atoms with Crippen molar-refractivity contribution >= 4 is 0 Å². The number of unbranched alkanes of at least 4 members (excludes halogenated alkanes) is 6. The van der Waals surface area contributed by atoms with Crippen molar-refractivity contribution in [2.45, 2.75) is 137 Å². The fourth-order valence-electron chi connectivity index (χ4n) is 5.43. The second-order valence-electron chi connectivity index (χ2n) is 11.4. The summed E-state index contributed by atoms with van der Waals surface area (Å²) in [6.45, 7) is 1.88. The van der Waals surface area contributed by atoms with Gasteiger partial charge < -0.3 is 79.5 Å². The van der Waals surface area contributed by atoms with Crippen molar-refractivity contribution in [1.82, 2.24) is 0 Å². The lowest BCUT2D eigenvalue weighted by molar-refractivity contribution is -0.247. The standard InChI is InChI=1S/C28H50O16/c1-2-3-4-5-6-7-8-9-10-39-26-20(36)17(33)24(42-26)15(32)13-40-27-21(37)19(35)25(44-27)16(12-30)41-28-22(38)18(34)23(43-28)14(31)11-29/h2,14-38H,1,3-13H2/t14-,15-,16-,17-,18-,19-,20-,21-,22-,23+,24+,25+,26?,27-,28-/m1/s1. The first-order valence-electron chi connectivity index (χ1n) is 15.2. The van der Waals surface area contributed by atoms with Crippen LogP contribution in [0.2, 0.25) is 0 Å². The average Bonchev–Trinajstić information content (AvgIpc) is 3.58. The molecule has 0 bridgehead atoms. The number of ether oxygens (including phenoxy) is 6. The Kier molecular flexibility index (Phi) is 15.7. The smallest absolute Gasteiger partial charge is 0.187 e. The maximum atomic E-state index is 10.6. The summed E-state index contributed by atoms with van der Waals surface area (Å²) in [6.07, 6.45) is -13.4. The molecule has 0 radical (unpaired) electrons. The van der Waals surface area contributed by atoms with Crippen LogP contribution in [0.25, 0.3) is 0 Å². The summed E-state index contributed by atoms with van der Waals surface area (Å²) in [7, 11) is 0. The number of hydrogen-bond donors (Lipinski definition) is 10. The summed E-state index contributed by atoms with van der Waals surface area (Å²) in [4.78, 5) is 0. The first kappa shape index (κ1) is 37.6. The fraction of sp³-hybridized carbons (Fsp3) is 0.929. The van der Waals surface area contributed by atoms with E-state index in [0.29, 0.717) is 6.61 Å². The first-order chi connectivity index (χ1) is 21.0. The highest BCUT2D eigenvalue weighted by Gasteiger charge is 2.52. The van der Waals surface area contributed by atoms with Crippen LogP contribution in [0.5, 0.6) is 0 Å². The molecule has 16 nitrogen and oxygen atoms in total. The van der Waals surface area contributed by atoms with E-state index in [1.54, 1.807) is 0 Å². The zero-order chi connectivity index (χ0) is 32.4. The van der Waals surface area contributed by atoms with Gasteiger partial charge in [-0.25, -0.2) is 0 Å². The lowest BCUT2D eigenvalue weighted by atomic mass is 10.1. The largest absolute Gasteiger partial charge is 0.394 e. The molecule has 16 heteroatoms. The van der Waals surface area contributed by atoms with Gasteiger partial charge in [-0.15, -0.1) is 6.58 Å². The van der Waals surface area contributed by atoms with Gasteiger partial charge in [0.1, 0.15) is 73.2 Å². The molecule has 3 fully saturated rings. The van der Waals surface area contributed by atoms with Crippen molar-refractivity contribution in [1.29, 1.82) is 0 Å². The van der Waals surface area contributed by atoms with E-state index in [0.717, 1.165) is 44.9 Å². The minimum absolute atomic E-state index is 0.292. The van der Waals surface area contributed by atoms with Gasteiger partial charge in [0.2, 0.25) is 0 Å². The summed E-state index contributed by atoms with van der Waals surface area (Å²) in [5.41, 5.74) is 0. The molecule has 0 aromatic heterocycles. The Morgan fingerprint density at radius 2 is 1.09 bits per heavy atom. The molecule has 3 rings (SSSR count). The SMILES string of the molecule is C=CCCCCCCCCOC1O[C@@H]([C@H](O)CO[C@@H]2O[C@@H]([C@@H](CO)O[C@@H]3O[C@@H]([C@H](O)CO)[C@H](O)[C@H]3O)[C@H](O)[C@H]2O)[C@H](O)[C@H]1O. The molecular weight excluding hydrogens is 592 g/mol. The molecule has 0 aromatic carbocycles. The van der Waals surface area contributed by atoms with Crippen LogP contribution in [0.15, 0.2) is 12.7 Å². The molecule has 0 aliphatic carbocycles. The van der Waals surface area contributed by atoms with E-state index in [2.05, 4.69) is 6.58 Å². The van der Waals surface area contributed by atoms with Crippen LogP contribution in [-0.2, 0) is 28.4 Å². The Morgan fingerprint density at radius 1 is 0.591 bits per heavy atom. The van der Waals surface area contributed by atoms with E-state index < -0.39 is 112 Å². The first-order valence-corrected chi connectivity index (χ1v) is 15.2. The van der Waals surface area contributed by atoms with Gasteiger partial charge in [-0.2, -0.15) is 0 Å². The number of hydrogen-bond acceptors (Lipinski definition) is 16. The predicted octanol–water partition coefficient (Wildman–Crippen LogP) is -3.63. The summed E-state index contributed by atoms with van der Waals surface area (Å²) in [5, 5.41) is 101. The maximum Gasteiger partial charge on any atom is 0.187 e. The minimum Gasteiger partial charge on any atom is -0.394 e. The molecule has 10 N–H and O–H groups in total. The summed E-state index contributed by atoms with van der Waals surface area (Å²) < 4.78 is 32.7.